The van der Waals surface area contributed by atoms with E-state index in [9.17, 15) is 8.42 Å². The molecule has 0 saturated heterocycles. The molecular formula is C18H14ClN5O2S. The van der Waals surface area contributed by atoms with Crippen molar-refractivity contribution in [3.05, 3.63) is 65.1 Å². The second kappa shape index (κ2) is 7.23. The maximum absolute atomic E-state index is 12.8. The lowest BCUT2D eigenvalue weighted by Gasteiger charge is -2.12. The number of sulfonamides is 1. The minimum atomic E-state index is -3.97. The fourth-order valence-corrected chi connectivity index (χ4v) is 4.06. The number of pyridine rings is 2. The van der Waals surface area contributed by atoms with E-state index in [2.05, 4.69) is 14.7 Å². The van der Waals surface area contributed by atoms with Gasteiger partial charge in [0.1, 0.15) is 22.5 Å². The van der Waals surface area contributed by atoms with Crippen molar-refractivity contribution in [2.45, 2.75) is 11.8 Å². The predicted molar refractivity (Wildman–Crippen MR) is 104 cm³/mol. The molecule has 2 aromatic heterocycles. The van der Waals surface area contributed by atoms with E-state index in [1.807, 2.05) is 13.0 Å². The van der Waals surface area contributed by atoms with Gasteiger partial charge in [0.05, 0.1) is 16.9 Å². The van der Waals surface area contributed by atoms with Crippen LogP contribution >= 0.6 is 11.6 Å². The number of nitrogens with one attached hydrogen (secondary N) is 1. The molecular weight excluding hydrogens is 386 g/mol. The zero-order valence-corrected chi connectivity index (χ0v) is 15.7. The lowest BCUT2D eigenvalue weighted by atomic mass is 10.0. The summed E-state index contributed by atoms with van der Waals surface area (Å²) in [5.41, 5.74) is 8.33. The minimum absolute atomic E-state index is 0.0777. The van der Waals surface area contributed by atoms with Crippen LogP contribution in [-0.4, -0.2) is 18.4 Å². The quantitative estimate of drug-likeness (QED) is 0.693. The topological polar surface area (TPSA) is 122 Å². The molecule has 0 amide bonds. The first-order chi connectivity index (χ1) is 12.8. The molecule has 1 aromatic carbocycles. The monoisotopic (exact) mass is 399 g/mol. The highest BCUT2D eigenvalue weighted by Crippen LogP contribution is 2.31. The molecule has 7 nitrogen and oxygen atoms in total. The third kappa shape index (κ3) is 4.00. The molecule has 136 valence electrons. The minimum Gasteiger partial charge on any atom is -0.384 e. The number of nitrogen functional groups attached to an aromatic ring is 1. The second-order valence-corrected chi connectivity index (χ2v) is 7.78. The van der Waals surface area contributed by atoms with E-state index >= 15 is 0 Å². The largest absolute Gasteiger partial charge is 0.384 e. The SMILES string of the molecule is Cc1cc(N)ncc1-c1ccc(Cl)c(S(=O)(=O)Nc2ccc(C#N)nc2)c1. The molecule has 0 radical (unpaired) electrons. The van der Waals surface area contributed by atoms with Gasteiger partial charge >= 0.3 is 0 Å². The van der Waals surface area contributed by atoms with Gasteiger partial charge in [-0.3, -0.25) is 4.72 Å². The number of rotatable bonds is 4. The number of benzene rings is 1. The normalized spacial score (nSPS) is 11.0. The molecule has 27 heavy (non-hydrogen) atoms. The van der Waals surface area contributed by atoms with Gasteiger partial charge in [-0.25, -0.2) is 18.4 Å². The van der Waals surface area contributed by atoms with Crippen molar-refractivity contribution in [3.8, 4) is 17.2 Å². The fraction of sp³-hybridized carbons (Fsp3) is 0.0556. The Morgan fingerprint density at radius 1 is 1.15 bits per heavy atom. The standard InChI is InChI=1S/C18H14ClN5O2S/c1-11-6-18(21)23-10-15(11)12-2-5-16(19)17(7-12)27(25,26)24-14-4-3-13(8-20)22-9-14/h2-7,9-10,24H,1H3,(H2,21,23). The van der Waals surface area contributed by atoms with E-state index < -0.39 is 10.0 Å². The van der Waals surface area contributed by atoms with E-state index in [0.717, 1.165) is 11.1 Å². The first-order valence-corrected chi connectivity index (χ1v) is 9.57. The molecule has 3 aromatic rings. The number of nitrogens with zero attached hydrogens (tertiary/aromatic N) is 3. The van der Waals surface area contributed by atoms with E-state index in [-0.39, 0.29) is 21.3 Å². The van der Waals surface area contributed by atoms with Crippen molar-refractivity contribution < 1.29 is 8.42 Å². The van der Waals surface area contributed by atoms with E-state index in [1.54, 1.807) is 18.3 Å². The van der Waals surface area contributed by atoms with Crippen LogP contribution in [0.25, 0.3) is 11.1 Å². The Morgan fingerprint density at radius 3 is 2.56 bits per heavy atom. The van der Waals surface area contributed by atoms with Crippen LogP contribution in [0.15, 0.2) is 53.7 Å². The number of nitrogens with two attached hydrogens (primary N) is 1. The van der Waals surface area contributed by atoms with Gasteiger partial charge in [-0.2, -0.15) is 5.26 Å². The van der Waals surface area contributed by atoms with Crippen LogP contribution in [0, 0.1) is 18.3 Å². The van der Waals surface area contributed by atoms with Crippen LogP contribution in [0.3, 0.4) is 0 Å². The van der Waals surface area contributed by atoms with Crippen molar-refractivity contribution in [1.29, 1.82) is 5.26 Å². The number of halogens is 1. The molecule has 0 saturated carbocycles. The molecule has 0 spiro atoms. The first-order valence-electron chi connectivity index (χ1n) is 7.71. The van der Waals surface area contributed by atoms with Crippen molar-refractivity contribution in [1.82, 2.24) is 9.97 Å². The molecule has 0 bridgehead atoms. The Kier molecular flexibility index (Phi) is 4.99. The zero-order valence-electron chi connectivity index (χ0n) is 14.1. The van der Waals surface area contributed by atoms with Crippen LogP contribution in [0.1, 0.15) is 11.3 Å². The van der Waals surface area contributed by atoms with Crippen LogP contribution < -0.4 is 10.5 Å². The maximum Gasteiger partial charge on any atom is 0.263 e. The number of aryl methyl sites for hydroxylation is 1. The number of aromatic nitrogens is 2. The molecule has 0 aliphatic carbocycles. The molecule has 0 unspecified atom stereocenters. The summed E-state index contributed by atoms with van der Waals surface area (Å²) in [6.07, 6.45) is 2.85. The summed E-state index contributed by atoms with van der Waals surface area (Å²) in [5.74, 6) is 0.382. The van der Waals surface area contributed by atoms with E-state index in [1.165, 1.54) is 30.5 Å². The van der Waals surface area contributed by atoms with E-state index in [4.69, 9.17) is 22.6 Å². The Balaban J connectivity index is 2.00. The molecule has 2 heterocycles. The average Bonchev–Trinajstić information content (AvgIpc) is 2.63. The second-order valence-electron chi connectivity index (χ2n) is 5.72. The summed E-state index contributed by atoms with van der Waals surface area (Å²) >= 11 is 6.13. The summed E-state index contributed by atoms with van der Waals surface area (Å²) < 4.78 is 28.0. The summed E-state index contributed by atoms with van der Waals surface area (Å²) in [4.78, 5) is 7.82. The highest BCUT2D eigenvalue weighted by molar-refractivity contribution is 7.92. The highest BCUT2D eigenvalue weighted by atomic mass is 35.5. The molecule has 3 rings (SSSR count). The molecule has 0 fully saturated rings. The van der Waals surface area contributed by atoms with Crippen molar-refractivity contribution in [2.75, 3.05) is 10.5 Å². The molecule has 0 atom stereocenters. The molecule has 0 aliphatic rings. The lowest BCUT2D eigenvalue weighted by molar-refractivity contribution is 0.601. The first kappa shape index (κ1) is 18.6. The van der Waals surface area contributed by atoms with Crippen LogP contribution in [-0.2, 0) is 10.0 Å². The summed E-state index contributed by atoms with van der Waals surface area (Å²) in [7, 11) is -3.97. The zero-order chi connectivity index (χ0) is 19.6. The number of hydrogen-bond donors (Lipinski definition) is 2. The smallest absolute Gasteiger partial charge is 0.263 e. The number of nitriles is 1. The Hall–Kier alpha value is -3.15. The van der Waals surface area contributed by atoms with Crippen LogP contribution in [0.4, 0.5) is 11.5 Å². The number of anilines is 2. The van der Waals surface area contributed by atoms with Crippen LogP contribution in [0.2, 0.25) is 5.02 Å². The van der Waals surface area contributed by atoms with Gasteiger partial charge in [0.15, 0.2) is 0 Å². The third-order valence-electron chi connectivity index (χ3n) is 3.79. The van der Waals surface area contributed by atoms with Crippen molar-refractivity contribution in [2.24, 2.45) is 0 Å². The van der Waals surface area contributed by atoms with Gasteiger partial charge in [-0.05, 0) is 48.4 Å². The predicted octanol–water partition coefficient (Wildman–Crippen LogP) is 3.36. The van der Waals surface area contributed by atoms with Crippen LogP contribution in [0.5, 0.6) is 0 Å². The molecule has 3 N–H and O–H groups in total. The van der Waals surface area contributed by atoms with E-state index in [0.29, 0.717) is 11.4 Å². The Labute approximate surface area is 161 Å². The van der Waals surface area contributed by atoms with Gasteiger partial charge in [0, 0.05) is 11.8 Å². The lowest BCUT2D eigenvalue weighted by Crippen LogP contribution is -2.14. The third-order valence-corrected chi connectivity index (χ3v) is 5.66. The summed E-state index contributed by atoms with van der Waals surface area (Å²) in [5, 5.41) is 8.85. The van der Waals surface area contributed by atoms with Crippen molar-refractivity contribution >= 4 is 33.1 Å². The number of hydrogen-bond acceptors (Lipinski definition) is 6. The summed E-state index contributed by atoms with van der Waals surface area (Å²) in [6, 6.07) is 11.1. The molecule has 9 heteroatoms. The highest BCUT2D eigenvalue weighted by Gasteiger charge is 2.20. The summed E-state index contributed by atoms with van der Waals surface area (Å²) in [6.45, 7) is 1.86. The van der Waals surface area contributed by atoms with Crippen molar-refractivity contribution in [3.63, 3.8) is 0 Å². The van der Waals surface area contributed by atoms with Gasteiger partial charge in [0.2, 0.25) is 0 Å². The average molecular weight is 400 g/mol. The van der Waals surface area contributed by atoms with Gasteiger partial charge < -0.3 is 5.73 Å². The Bertz CT molecular complexity index is 1160. The van der Waals surface area contributed by atoms with Gasteiger partial charge in [-0.15, -0.1) is 0 Å². The maximum atomic E-state index is 12.8. The van der Waals surface area contributed by atoms with Gasteiger partial charge in [-0.1, -0.05) is 17.7 Å². The fourth-order valence-electron chi connectivity index (χ4n) is 2.49. The Morgan fingerprint density at radius 2 is 1.93 bits per heavy atom. The van der Waals surface area contributed by atoms with Gasteiger partial charge in [0.25, 0.3) is 10.0 Å². The molecule has 0 aliphatic heterocycles.